The molecule has 3 N–H and O–H groups in total. The molecule has 0 bridgehead atoms. The minimum Gasteiger partial charge on any atom is -0.455 e. The molecule has 30 nitrogen and oxygen atoms in total. The number of carbonyl (C=O) groups excluding carboxylic acids is 9. The number of hydrogen-bond donors (Lipinski definition) is 3. The Balaban J connectivity index is 0.000000169. The fourth-order valence-corrected chi connectivity index (χ4v) is 15.6. The van der Waals surface area contributed by atoms with Gasteiger partial charge in [-0.05, 0) is 121 Å². The quantitative estimate of drug-likeness (QED) is 0.0113. The maximum absolute atomic E-state index is 13.1. The standard InChI is InChI=1S/C29H31O10P.C26H23BrO7.C22H25O7P.C20H18O6/c1-34-40(33,35-2)19-24-25(37-27(30)22-14-8-4-9-15-22)26(38-28(31)23-16-10-5-11-17-23)29(32,39-24)20-36-18-21-12-6-3-7-13-21;27-16-21-22(32-24(28)19-12-6-2-7-13-19)23(33-25(29)20-14-8-3-9-15-20)26(30,34-21)31-17-18-10-4-1-5-11-18;1-2-17-18(27-20(23)15-9-5-3-6-10-15)19(22(25,29-17)13-26-14-30)28-21(24)16-11-7-4-8-12-16;1-2-15-16(25-18(21)13-9-5-3-6-10-13)17(20(23)24-15)26-19(22)14-11-7-4-8-12-14/h3-17,24-26,32H,18-20H2,1-2H3;1-15,21-23,30H,16-17H2;3-12,17-19,25H,2,13-14,30H2,1H3;3-12,15-17H,2H2,1H3/t24-,25-,26?,29-;21-,22-,23?,26-;17-,18-,19?,22-;15-,16-,17?/m0000/s1. The second-order valence-corrected chi connectivity index (χ2v) is 32.7. The fourth-order valence-electron chi connectivity index (χ4n) is 13.8. The van der Waals surface area contributed by atoms with E-state index >= 15 is 0 Å². The van der Waals surface area contributed by atoms with Gasteiger partial charge in [0.05, 0.1) is 70.2 Å². The summed E-state index contributed by atoms with van der Waals surface area (Å²) in [6.07, 6.45) is -12.8. The molecule has 130 heavy (non-hydrogen) atoms. The molecule has 4 aliphatic heterocycles. The van der Waals surface area contributed by atoms with Gasteiger partial charge in [0.1, 0.15) is 37.6 Å². The Bertz CT molecular complexity index is 5340. The monoisotopic (exact) mass is 1880 g/mol. The van der Waals surface area contributed by atoms with Crippen LogP contribution in [0, 0.1) is 0 Å². The van der Waals surface area contributed by atoms with E-state index < -0.39 is 165 Å². The fraction of sp³-hybridized carbons (Fsp3) is 0.289. The summed E-state index contributed by atoms with van der Waals surface area (Å²) in [7, 11) is 1.03. The first-order valence-electron chi connectivity index (χ1n) is 41.2. The van der Waals surface area contributed by atoms with Gasteiger partial charge in [-0.2, -0.15) is 0 Å². The Morgan fingerprint density at radius 3 is 0.977 bits per heavy atom. The molecular weight excluding hydrogens is 1790 g/mol. The van der Waals surface area contributed by atoms with Crippen LogP contribution in [0.15, 0.2) is 303 Å². The lowest BCUT2D eigenvalue weighted by atomic mass is 10.0. The highest BCUT2D eigenvalue weighted by atomic mass is 79.9. The second kappa shape index (κ2) is 48.1. The van der Waals surface area contributed by atoms with Crippen molar-refractivity contribution < 1.29 is 143 Å². The van der Waals surface area contributed by atoms with Gasteiger partial charge in [-0.3, -0.25) is 4.57 Å². The summed E-state index contributed by atoms with van der Waals surface area (Å²) in [5.41, 5.74) is 3.88. The number of cyclic esters (lactones) is 1. The maximum Gasteiger partial charge on any atom is 0.352 e. The molecule has 0 aliphatic carbocycles. The lowest BCUT2D eigenvalue weighted by Crippen LogP contribution is -2.50. The molecule has 33 heteroatoms. The molecule has 0 amide bonds. The van der Waals surface area contributed by atoms with Crippen molar-refractivity contribution in [3.8, 4) is 0 Å². The van der Waals surface area contributed by atoms with Gasteiger partial charge in [0, 0.05) is 19.5 Å². The Hall–Kier alpha value is -11.9. The Kier molecular flexibility index (Phi) is 36.6. The van der Waals surface area contributed by atoms with Crippen LogP contribution in [-0.2, 0) is 103 Å². The van der Waals surface area contributed by atoms with Gasteiger partial charge < -0.3 is 95.4 Å². The minimum atomic E-state index is -3.74. The van der Waals surface area contributed by atoms with Crippen LogP contribution in [0.3, 0.4) is 0 Å². The summed E-state index contributed by atoms with van der Waals surface area (Å²) >= 11 is 3.33. The average Bonchev–Trinajstić information content (AvgIpc) is 2.14. The minimum absolute atomic E-state index is 0.0227. The first-order valence-corrected chi connectivity index (χ1v) is 44.8. The van der Waals surface area contributed by atoms with E-state index in [1.54, 1.807) is 237 Å². The molecule has 16 atom stereocenters. The smallest absolute Gasteiger partial charge is 0.352 e. The number of rotatable bonds is 33. The van der Waals surface area contributed by atoms with Gasteiger partial charge in [-0.15, -0.1) is 9.24 Å². The van der Waals surface area contributed by atoms with Gasteiger partial charge in [-0.1, -0.05) is 236 Å². The number of esters is 9. The number of alkyl halides is 1. The average molecular weight is 1880 g/mol. The van der Waals surface area contributed by atoms with Crippen molar-refractivity contribution in [2.24, 2.45) is 0 Å². The number of ether oxygens (including phenoxy) is 15. The van der Waals surface area contributed by atoms with E-state index in [-0.39, 0.29) is 48.2 Å². The van der Waals surface area contributed by atoms with Crippen molar-refractivity contribution in [1.29, 1.82) is 0 Å². The van der Waals surface area contributed by atoms with E-state index in [2.05, 4.69) is 25.2 Å². The number of aliphatic hydroxyl groups is 3. The first kappa shape index (κ1) is 98.7. The third-order valence-electron chi connectivity index (χ3n) is 20.5. The van der Waals surface area contributed by atoms with Crippen LogP contribution < -0.4 is 0 Å². The van der Waals surface area contributed by atoms with Crippen LogP contribution in [0.4, 0.5) is 0 Å². The number of hydrogen-bond acceptors (Lipinski definition) is 30. The van der Waals surface area contributed by atoms with Gasteiger partial charge in [0.2, 0.25) is 23.8 Å². The van der Waals surface area contributed by atoms with Crippen molar-refractivity contribution in [1.82, 2.24) is 0 Å². The van der Waals surface area contributed by atoms with Crippen molar-refractivity contribution in [2.75, 3.05) is 45.3 Å². The number of carbonyl (C=O) groups is 9. The molecule has 10 aromatic rings. The zero-order valence-corrected chi connectivity index (χ0v) is 74.6. The van der Waals surface area contributed by atoms with Gasteiger partial charge in [0.25, 0.3) is 0 Å². The lowest BCUT2D eigenvalue weighted by Gasteiger charge is -2.29. The first-order chi connectivity index (χ1) is 62.8. The van der Waals surface area contributed by atoms with Crippen LogP contribution in [-0.4, -0.2) is 205 Å². The van der Waals surface area contributed by atoms with E-state index in [1.807, 2.05) is 67.6 Å². The summed E-state index contributed by atoms with van der Waals surface area (Å²) in [6, 6.07) is 84.8. The van der Waals surface area contributed by atoms with Crippen LogP contribution >= 0.6 is 32.8 Å². The van der Waals surface area contributed by atoms with Crippen molar-refractivity contribution >= 4 is 86.5 Å². The Labute approximate surface area is 760 Å². The molecule has 14 rings (SSSR count). The molecule has 0 spiro atoms. The number of halogens is 1. The molecule has 0 aromatic heterocycles. The normalized spacial score (nSPS) is 23.4. The SMILES string of the molecule is CC[C@@H]1OC(=O)C(OC(=O)c2ccccc2)[C@H]1OC(=O)c1ccccc1.CC[C@@H]1O[C@@](O)(COCP)C(OC(=O)c2ccccc2)[C@H]1OC(=O)c1ccccc1.COP(=O)(C[C@@H]1O[C@@](O)(COCc2ccccc2)C(OC(=O)c2ccccc2)[C@H]1OC(=O)c1ccccc1)OC.O=C(OC1[C@@H](OC(=O)c2ccccc2)[C@H](CBr)O[C@@]1(O)OCc1ccccc1)c1ccccc1. The largest absolute Gasteiger partial charge is 0.455 e. The molecule has 10 aromatic carbocycles. The molecule has 4 saturated heterocycles. The van der Waals surface area contributed by atoms with Crippen LogP contribution in [0.5, 0.6) is 0 Å². The Morgan fingerprint density at radius 2 is 0.646 bits per heavy atom. The van der Waals surface area contributed by atoms with Gasteiger partial charge in [-0.25, -0.2) is 43.2 Å². The highest BCUT2D eigenvalue weighted by Gasteiger charge is 2.63. The van der Waals surface area contributed by atoms with Crippen molar-refractivity contribution in [2.45, 2.75) is 131 Å². The summed E-state index contributed by atoms with van der Waals surface area (Å²) in [5, 5.41) is 34.3. The van der Waals surface area contributed by atoms with E-state index in [0.29, 0.717) is 40.7 Å². The van der Waals surface area contributed by atoms with Crippen molar-refractivity contribution in [3.05, 3.63) is 359 Å². The van der Waals surface area contributed by atoms with E-state index in [4.69, 9.17) is 80.1 Å². The maximum atomic E-state index is 13.1. The molecule has 5 unspecified atom stereocenters. The third-order valence-corrected chi connectivity index (χ3v) is 23.3. The molecule has 4 fully saturated rings. The highest BCUT2D eigenvalue weighted by Crippen LogP contribution is 2.51. The van der Waals surface area contributed by atoms with E-state index in [9.17, 15) is 63.0 Å². The molecule has 0 radical (unpaired) electrons. The number of benzene rings is 10. The third kappa shape index (κ3) is 26.7. The highest BCUT2D eigenvalue weighted by molar-refractivity contribution is 9.09. The zero-order chi connectivity index (χ0) is 92.6. The predicted molar refractivity (Wildman–Crippen MR) is 473 cm³/mol. The Morgan fingerprint density at radius 1 is 0.362 bits per heavy atom. The summed E-state index contributed by atoms with van der Waals surface area (Å²) in [6.45, 7) is 2.99. The molecule has 0 saturated carbocycles. The van der Waals surface area contributed by atoms with E-state index in [0.717, 1.165) is 11.1 Å². The molecular formula is C97H97BrO30P2. The summed E-state index contributed by atoms with van der Waals surface area (Å²) < 4.78 is 108. The van der Waals surface area contributed by atoms with Gasteiger partial charge in [0.15, 0.2) is 36.6 Å². The topological polar surface area (TPSA) is 388 Å². The zero-order valence-electron chi connectivity index (χ0n) is 70.9. The van der Waals surface area contributed by atoms with Gasteiger partial charge >= 0.3 is 67.3 Å². The summed E-state index contributed by atoms with van der Waals surface area (Å²) in [4.78, 5) is 114. The van der Waals surface area contributed by atoms with Crippen LogP contribution in [0.2, 0.25) is 0 Å². The summed E-state index contributed by atoms with van der Waals surface area (Å²) in [5.74, 6) is -12.8. The molecule has 4 heterocycles. The predicted octanol–water partition coefficient (Wildman–Crippen LogP) is 13.9. The molecule has 4 aliphatic rings. The lowest BCUT2D eigenvalue weighted by molar-refractivity contribution is -0.378. The van der Waals surface area contributed by atoms with E-state index in [1.165, 1.54) is 26.4 Å². The van der Waals surface area contributed by atoms with Crippen LogP contribution in [0.25, 0.3) is 0 Å². The molecule has 682 valence electrons. The van der Waals surface area contributed by atoms with Crippen LogP contribution in [0.1, 0.15) is 121 Å². The second-order valence-electron chi connectivity index (χ2n) is 29.4. The van der Waals surface area contributed by atoms with Crippen molar-refractivity contribution in [3.63, 3.8) is 0 Å².